The lowest BCUT2D eigenvalue weighted by molar-refractivity contribution is 0.451. The Hall–Kier alpha value is -0.970. The molecular formula is C9H6F4S. The highest BCUT2D eigenvalue weighted by molar-refractivity contribution is 7.80. The molecule has 0 fully saturated rings. The van der Waals surface area contributed by atoms with E-state index in [0.717, 1.165) is 6.08 Å². The summed E-state index contributed by atoms with van der Waals surface area (Å²) >= 11 is 3.75. The SMILES string of the molecule is Fc1cc(F)c(F)c(C=CCS)c1F. The van der Waals surface area contributed by atoms with E-state index < -0.39 is 28.8 Å². The summed E-state index contributed by atoms with van der Waals surface area (Å²) in [6.45, 7) is 0. The largest absolute Gasteiger partial charge is 0.204 e. The van der Waals surface area contributed by atoms with Crippen LogP contribution in [0.15, 0.2) is 12.1 Å². The normalized spacial score (nSPS) is 11.2. The number of thiol groups is 1. The minimum Gasteiger partial charge on any atom is -0.204 e. The van der Waals surface area contributed by atoms with Gasteiger partial charge in [-0.1, -0.05) is 12.2 Å². The molecule has 1 rings (SSSR count). The first-order valence-corrected chi connectivity index (χ1v) is 4.31. The summed E-state index contributed by atoms with van der Waals surface area (Å²) in [5.74, 6) is -5.41. The van der Waals surface area contributed by atoms with Crippen LogP contribution in [0.5, 0.6) is 0 Å². The summed E-state index contributed by atoms with van der Waals surface area (Å²) in [7, 11) is 0. The van der Waals surface area contributed by atoms with Crippen LogP contribution < -0.4 is 0 Å². The van der Waals surface area contributed by atoms with Gasteiger partial charge >= 0.3 is 0 Å². The van der Waals surface area contributed by atoms with Crippen LogP contribution in [0.4, 0.5) is 17.6 Å². The van der Waals surface area contributed by atoms with Crippen molar-refractivity contribution in [3.05, 3.63) is 41.0 Å². The fraction of sp³-hybridized carbons (Fsp3) is 0.111. The minimum atomic E-state index is -1.41. The Balaban J connectivity index is 3.32. The number of benzene rings is 1. The summed E-state index contributed by atoms with van der Waals surface area (Å²) in [4.78, 5) is 0. The average molecular weight is 222 g/mol. The fourth-order valence-corrected chi connectivity index (χ4v) is 1.01. The molecule has 0 saturated carbocycles. The zero-order chi connectivity index (χ0) is 10.7. The first-order valence-electron chi connectivity index (χ1n) is 3.68. The molecule has 0 radical (unpaired) electrons. The lowest BCUT2D eigenvalue weighted by atomic mass is 10.1. The standard InChI is InChI=1S/C9H6F4S/c10-6-4-7(11)9(13)5(8(6)12)2-1-3-14/h1-2,4,14H,3H2. The molecule has 0 unspecified atom stereocenters. The smallest absolute Gasteiger partial charge is 0.169 e. The first kappa shape index (κ1) is 11.1. The predicted molar refractivity (Wildman–Crippen MR) is 49.2 cm³/mol. The van der Waals surface area contributed by atoms with Crippen molar-refractivity contribution >= 4 is 18.7 Å². The van der Waals surface area contributed by atoms with Crippen LogP contribution in [0.25, 0.3) is 6.08 Å². The van der Waals surface area contributed by atoms with Crippen LogP contribution >= 0.6 is 12.6 Å². The minimum absolute atomic E-state index is 0.169. The summed E-state index contributed by atoms with van der Waals surface area (Å²) in [5, 5.41) is 0. The van der Waals surface area contributed by atoms with Crippen LogP contribution in [0.3, 0.4) is 0 Å². The average Bonchev–Trinajstić information content (AvgIpc) is 2.15. The van der Waals surface area contributed by atoms with Crippen molar-refractivity contribution in [3.8, 4) is 0 Å². The van der Waals surface area contributed by atoms with E-state index in [9.17, 15) is 17.6 Å². The van der Waals surface area contributed by atoms with Gasteiger partial charge < -0.3 is 0 Å². The van der Waals surface area contributed by atoms with E-state index in [4.69, 9.17) is 0 Å². The molecule has 0 spiro atoms. The predicted octanol–water partition coefficient (Wildman–Crippen LogP) is 3.19. The highest BCUT2D eigenvalue weighted by atomic mass is 32.1. The molecule has 0 aliphatic carbocycles. The summed E-state index contributed by atoms with van der Waals surface area (Å²) in [5.41, 5.74) is -0.725. The maximum atomic E-state index is 12.9. The Morgan fingerprint density at radius 2 is 1.57 bits per heavy atom. The van der Waals surface area contributed by atoms with E-state index in [1.165, 1.54) is 6.08 Å². The Bertz CT molecular complexity index is 347. The zero-order valence-corrected chi connectivity index (χ0v) is 7.79. The highest BCUT2D eigenvalue weighted by Gasteiger charge is 2.16. The third-order valence-corrected chi connectivity index (χ3v) is 1.75. The second kappa shape index (κ2) is 4.50. The third-order valence-electron chi connectivity index (χ3n) is 1.54. The topological polar surface area (TPSA) is 0 Å². The van der Waals surface area contributed by atoms with Crippen molar-refractivity contribution in [1.29, 1.82) is 0 Å². The van der Waals surface area contributed by atoms with Crippen molar-refractivity contribution in [3.63, 3.8) is 0 Å². The van der Waals surface area contributed by atoms with Gasteiger partial charge in [0.25, 0.3) is 0 Å². The molecule has 5 heteroatoms. The number of halogens is 4. The van der Waals surface area contributed by atoms with Crippen LogP contribution in [0.2, 0.25) is 0 Å². The molecule has 1 aromatic carbocycles. The van der Waals surface area contributed by atoms with Gasteiger partial charge in [-0.3, -0.25) is 0 Å². The van der Waals surface area contributed by atoms with Crippen LogP contribution in [0, 0.1) is 23.3 Å². The Labute approximate surface area is 83.7 Å². The molecule has 0 amide bonds. The summed E-state index contributed by atoms with van der Waals surface area (Å²) in [6, 6.07) is 0.169. The fourth-order valence-electron chi connectivity index (χ4n) is 0.909. The molecule has 0 aliphatic heterocycles. The van der Waals surface area contributed by atoms with Crippen molar-refractivity contribution < 1.29 is 17.6 Å². The maximum Gasteiger partial charge on any atom is 0.169 e. The van der Waals surface area contributed by atoms with Crippen molar-refractivity contribution in [2.24, 2.45) is 0 Å². The molecular weight excluding hydrogens is 216 g/mol. The molecule has 76 valence electrons. The Morgan fingerprint density at radius 3 is 2.00 bits per heavy atom. The van der Waals surface area contributed by atoms with E-state index in [1.807, 2.05) is 0 Å². The van der Waals surface area contributed by atoms with Gasteiger partial charge in [0.15, 0.2) is 23.3 Å². The van der Waals surface area contributed by atoms with Gasteiger partial charge in [0.05, 0.1) is 5.56 Å². The molecule has 0 aliphatic rings. The molecule has 0 saturated heterocycles. The van der Waals surface area contributed by atoms with E-state index in [-0.39, 0.29) is 11.8 Å². The van der Waals surface area contributed by atoms with Gasteiger partial charge in [0, 0.05) is 11.8 Å². The third kappa shape index (κ3) is 2.09. The number of hydrogen-bond acceptors (Lipinski definition) is 1. The number of rotatable bonds is 2. The molecule has 0 aromatic heterocycles. The molecule has 14 heavy (non-hydrogen) atoms. The Morgan fingerprint density at radius 1 is 1.07 bits per heavy atom. The van der Waals surface area contributed by atoms with Crippen LogP contribution in [0.1, 0.15) is 5.56 Å². The maximum absolute atomic E-state index is 12.9. The van der Waals surface area contributed by atoms with E-state index in [2.05, 4.69) is 12.6 Å². The molecule has 0 bridgehead atoms. The zero-order valence-electron chi connectivity index (χ0n) is 6.90. The van der Waals surface area contributed by atoms with Gasteiger partial charge in [0.2, 0.25) is 0 Å². The van der Waals surface area contributed by atoms with E-state index >= 15 is 0 Å². The monoisotopic (exact) mass is 222 g/mol. The molecule has 0 nitrogen and oxygen atoms in total. The van der Waals surface area contributed by atoms with Gasteiger partial charge in [-0.15, -0.1) is 0 Å². The van der Waals surface area contributed by atoms with Gasteiger partial charge in [-0.05, 0) is 0 Å². The van der Waals surface area contributed by atoms with Crippen molar-refractivity contribution in [2.45, 2.75) is 0 Å². The van der Waals surface area contributed by atoms with Gasteiger partial charge in [0.1, 0.15) is 0 Å². The molecule has 0 atom stereocenters. The molecule has 1 aromatic rings. The summed E-state index contributed by atoms with van der Waals surface area (Å²) < 4.78 is 51.0. The van der Waals surface area contributed by atoms with Crippen molar-refractivity contribution in [1.82, 2.24) is 0 Å². The molecule has 0 N–H and O–H groups in total. The first-order chi connectivity index (χ1) is 6.57. The quantitative estimate of drug-likeness (QED) is 0.443. The van der Waals surface area contributed by atoms with Crippen molar-refractivity contribution in [2.75, 3.05) is 5.75 Å². The second-order valence-electron chi connectivity index (χ2n) is 2.47. The van der Waals surface area contributed by atoms with E-state index in [0.29, 0.717) is 0 Å². The van der Waals surface area contributed by atoms with Gasteiger partial charge in [-0.25, -0.2) is 17.6 Å². The van der Waals surface area contributed by atoms with Crippen LogP contribution in [-0.2, 0) is 0 Å². The van der Waals surface area contributed by atoms with E-state index in [1.54, 1.807) is 0 Å². The number of hydrogen-bond donors (Lipinski definition) is 1. The van der Waals surface area contributed by atoms with Crippen LogP contribution in [-0.4, -0.2) is 5.75 Å². The lowest BCUT2D eigenvalue weighted by Gasteiger charge is -2.01. The van der Waals surface area contributed by atoms with Gasteiger partial charge in [-0.2, -0.15) is 12.6 Å². The summed E-state index contributed by atoms with van der Waals surface area (Å²) in [6.07, 6.45) is 2.23. The lowest BCUT2D eigenvalue weighted by Crippen LogP contribution is -1.97. The Kier molecular flexibility index (Phi) is 3.57. The second-order valence-corrected chi connectivity index (χ2v) is 2.83. The molecule has 0 heterocycles. The highest BCUT2D eigenvalue weighted by Crippen LogP contribution is 2.20.